The summed E-state index contributed by atoms with van der Waals surface area (Å²) in [5.74, 6) is -0.284. The van der Waals surface area contributed by atoms with E-state index in [0.29, 0.717) is 16.9 Å². The van der Waals surface area contributed by atoms with Crippen LogP contribution in [-0.4, -0.2) is 26.5 Å². The van der Waals surface area contributed by atoms with Crippen molar-refractivity contribution >= 4 is 35.5 Å². The van der Waals surface area contributed by atoms with E-state index in [0.717, 1.165) is 0 Å². The van der Waals surface area contributed by atoms with E-state index in [1.54, 1.807) is 0 Å². The third-order valence-corrected chi connectivity index (χ3v) is 3.51. The van der Waals surface area contributed by atoms with Crippen LogP contribution in [0.2, 0.25) is 10.0 Å². The van der Waals surface area contributed by atoms with E-state index in [1.807, 2.05) is 0 Å². The molecule has 0 unspecified atom stereocenters. The molecule has 0 saturated carbocycles. The van der Waals surface area contributed by atoms with Gasteiger partial charge >= 0.3 is 5.97 Å². The summed E-state index contributed by atoms with van der Waals surface area (Å²) >= 11 is 11.8. The van der Waals surface area contributed by atoms with Crippen molar-refractivity contribution in [1.29, 1.82) is 0 Å². The highest BCUT2D eigenvalue weighted by Gasteiger charge is 2.20. The number of rotatable bonds is 5. The Kier molecular flexibility index (Phi) is 5.47. The van der Waals surface area contributed by atoms with Gasteiger partial charge in [-0.2, -0.15) is 0 Å². The largest absolute Gasteiger partial charge is 0.493 e. The van der Waals surface area contributed by atoms with Crippen LogP contribution in [0.25, 0.3) is 0 Å². The van der Waals surface area contributed by atoms with E-state index >= 15 is 0 Å². The molecule has 2 aromatic rings. The Morgan fingerprint density at radius 1 is 1.04 bits per heavy atom. The number of halogens is 2. The van der Waals surface area contributed by atoms with Crippen LogP contribution in [0.4, 0.5) is 0 Å². The minimum Gasteiger partial charge on any atom is -0.493 e. The topological polar surface area (TPSA) is 61.8 Å². The maximum atomic E-state index is 12.3. The number of aldehydes is 1. The maximum absolute atomic E-state index is 12.3. The zero-order valence-electron chi connectivity index (χ0n) is 12.3. The summed E-state index contributed by atoms with van der Waals surface area (Å²) in [6.45, 7) is 0. The first-order chi connectivity index (χ1) is 11.0. The highest BCUT2D eigenvalue weighted by Crippen LogP contribution is 2.39. The molecular formula is C16H12Cl2O5. The van der Waals surface area contributed by atoms with Crippen molar-refractivity contribution in [1.82, 2.24) is 0 Å². The predicted octanol–water partition coefficient (Wildman–Crippen LogP) is 4.04. The summed E-state index contributed by atoms with van der Waals surface area (Å²) in [6.07, 6.45) is 0.632. The number of benzene rings is 2. The predicted molar refractivity (Wildman–Crippen MR) is 86.4 cm³/mol. The Labute approximate surface area is 142 Å². The fourth-order valence-electron chi connectivity index (χ4n) is 1.87. The van der Waals surface area contributed by atoms with Crippen LogP contribution < -0.4 is 14.2 Å². The van der Waals surface area contributed by atoms with Gasteiger partial charge in [0, 0.05) is 10.6 Å². The van der Waals surface area contributed by atoms with Crippen molar-refractivity contribution < 1.29 is 23.8 Å². The Balaban J connectivity index is 2.42. The molecule has 0 saturated heterocycles. The standard InChI is InChI=1S/C16H12Cl2O5/c1-21-13-5-9(8-19)6-14(22-2)15(13)23-16(20)11-4-3-10(17)7-12(11)18/h3-8H,1-2H3. The molecule has 0 fully saturated rings. The number of hydrogen-bond donors (Lipinski definition) is 0. The number of hydrogen-bond acceptors (Lipinski definition) is 5. The van der Waals surface area contributed by atoms with Gasteiger partial charge in [-0.05, 0) is 30.3 Å². The minimum absolute atomic E-state index is 0.0524. The Bertz CT molecular complexity index is 733. The molecule has 0 bridgehead atoms. The summed E-state index contributed by atoms with van der Waals surface area (Å²) in [6, 6.07) is 7.27. The third kappa shape index (κ3) is 3.75. The van der Waals surface area contributed by atoms with Gasteiger partial charge in [0.05, 0.1) is 24.8 Å². The normalized spacial score (nSPS) is 10.1. The van der Waals surface area contributed by atoms with E-state index < -0.39 is 5.97 Å². The third-order valence-electron chi connectivity index (χ3n) is 2.96. The van der Waals surface area contributed by atoms with Crippen molar-refractivity contribution in [3.63, 3.8) is 0 Å². The molecule has 0 aromatic heterocycles. The fourth-order valence-corrected chi connectivity index (χ4v) is 2.36. The Morgan fingerprint density at radius 2 is 1.65 bits per heavy atom. The summed E-state index contributed by atoms with van der Waals surface area (Å²) in [5.41, 5.74) is 0.461. The quantitative estimate of drug-likeness (QED) is 0.460. The molecule has 0 radical (unpaired) electrons. The molecule has 5 nitrogen and oxygen atoms in total. The smallest absolute Gasteiger partial charge is 0.345 e. The lowest BCUT2D eigenvalue weighted by Gasteiger charge is -2.14. The van der Waals surface area contributed by atoms with E-state index in [2.05, 4.69) is 0 Å². The van der Waals surface area contributed by atoms with Crippen molar-refractivity contribution in [2.75, 3.05) is 14.2 Å². The van der Waals surface area contributed by atoms with Crippen LogP contribution in [0.3, 0.4) is 0 Å². The second-order valence-electron chi connectivity index (χ2n) is 4.39. The first kappa shape index (κ1) is 17.1. The minimum atomic E-state index is -0.706. The second-order valence-corrected chi connectivity index (χ2v) is 5.23. The van der Waals surface area contributed by atoms with Gasteiger partial charge in [-0.15, -0.1) is 0 Å². The lowest BCUT2D eigenvalue weighted by molar-refractivity contribution is 0.0724. The maximum Gasteiger partial charge on any atom is 0.345 e. The van der Waals surface area contributed by atoms with E-state index in [-0.39, 0.29) is 27.8 Å². The second kappa shape index (κ2) is 7.35. The van der Waals surface area contributed by atoms with Crippen LogP contribution in [0.1, 0.15) is 20.7 Å². The molecule has 0 amide bonds. The molecule has 23 heavy (non-hydrogen) atoms. The highest BCUT2D eigenvalue weighted by atomic mass is 35.5. The van der Waals surface area contributed by atoms with Crippen molar-refractivity contribution in [3.8, 4) is 17.2 Å². The molecular weight excluding hydrogens is 343 g/mol. The first-order valence-electron chi connectivity index (χ1n) is 6.38. The van der Waals surface area contributed by atoms with Gasteiger partial charge in [0.1, 0.15) is 6.29 Å². The van der Waals surface area contributed by atoms with Crippen molar-refractivity contribution in [2.45, 2.75) is 0 Å². The number of methoxy groups -OCH3 is 2. The molecule has 0 N–H and O–H groups in total. The van der Waals surface area contributed by atoms with Crippen LogP contribution in [0.5, 0.6) is 17.2 Å². The molecule has 0 heterocycles. The fraction of sp³-hybridized carbons (Fsp3) is 0.125. The SMILES string of the molecule is COc1cc(C=O)cc(OC)c1OC(=O)c1ccc(Cl)cc1Cl. The van der Waals surface area contributed by atoms with Gasteiger partial charge in [-0.25, -0.2) is 4.79 Å². The van der Waals surface area contributed by atoms with Gasteiger partial charge < -0.3 is 14.2 Å². The summed E-state index contributed by atoms with van der Waals surface area (Å²) < 4.78 is 15.6. The van der Waals surface area contributed by atoms with Gasteiger partial charge in [0.2, 0.25) is 5.75 Å². The number of ether oxygens (including phenoxy) is 3. The molecule has 0 aliphatic heterocycles. The molecule has 120 valence electrons. The molecule has 0 atom stereocenters. The average Bonchev–Trinajstić information content (AvgIpc) is 2.54. The van der Waals surface area contributed by atoms with E-state index in [4.69, 9.17) is 37.4 Å². The summed E-state index contributed by atoms with van der Waals surface area (Å²) in [4.78, 5) is 23.2. The summed E-state index contributed by atoms with van der Waals surface area (Å²) in [5, 5.41) is 0.557. The van der Waals surface area contributed by atoms with Gasteiger partial charge in [-0.1, -0.05) is 23.2 Å². The zero-order chi connectivity index (χ0) is 17.0. The first-order valence-corrected chi connectivity index (χ1v) is 7.14. The average molecular weight is 355 g/mol. The molecule has 2 aromatic carbocycles. The number of esters is 1. The lowest BCUT2D eigenvalue weighted by atomic mass is 10.2. The van der Waals surface area contributed by atoms with Crippen LogP contribution in [-0.2, 0) is 0 Å². The molecule has 2 rings (SSSR count). The van der Waals surface area contributed by atoms with Gasteiger partial charge in [0.25, 0.3) is 0 Å². The summed E-state index contributed by atoms with van der Waals surface area (Å²) in [7, 11) is 2.77. The van der Waals surface area contributed by atoms with E-state index in [9.17, 15) is 9.59 Å². The molecule has 0 aliphatic rings. The van der Waals surface area contributed by atoms with Crippen LogP contribution in [0.15, 0.2) is 30.3 Å². The highest BCUT2D eigenvalue weighted by molar-refractivity contribution is 6.36. The molecule has 0 aliphatic carbocycles. The van der Waals surface area contributed by atoms with Crippen LogP contribution >= 0.6 is 23.2 Å². The van der Waals surface area contributed by atoms with Gasteiger partial charge in [0.15, 0.2) is 11.5 Å². The zero-order valence-corrected chi connectivity index (χ0v) is 13.8. The van der Waals surface area contributed by atoms with Crippen molar-refractivity contribution in [3.05, 3.63) is 51.5 Å². The number of carbonyl (C=O) groups excluding carboxylic acids is 2. The Hall–Kier alpha value is -2.24. The van der Waals surface area contributed by atoms with Gasteiger partial charge in [-0.3, -0.25) is 4.79 Å². The van der Waals surface area contributed by atoms with Crippen molar-refractivity contribution in [2.24, 2.45) is 0 Å². The lowest BCUT2D eigenvalue weighted by Crippen LogP contribution is -2.11. The monoisotopic (exact) mass is 354 g/mol. The molecule has 0 spiro atoms. The number of carbonyl (C=O) groups is 2. The van der Waals surface area contributed by atoms with Crippen LogP contribution in [0, 0.1) is 0 Å². The van der Waals surface area contributed by atoms with E-state index in [1.165, 1.54) is 44.6 Å². The molecule has 7 heteroatoms. The Morgan fingerprint density at radius 3 is 2.13 bits per heavy atom.